The summed E-state index contributed by atoms with van der Waals surface area (Å²) in [7, 11) is 0. The van der Waals surface area contributed by atoms with E-state index < -0.39 is 0 Å². The van der Waals surface area contributed by atoms with Gasteiger partial charge in [-0.25, -0.2) is 0 Å². The lowest BCUT2D eigenvalue weighted by molar-refractivity contribution is -0.0486. The molecule has 0 amide bonds. The van der Waals surface area contributed by atoms with Crippen LogP contribution in [0.15, 0.2) is 0 Å². The Labute approximate surface area is 107 Å². The SMILES string of the molecule is CCC(C)OC1CCC(C(C)CCO)C(C)C1. The van der Waals surface area contributed by atoms with Gasteiger partial charge in [0.2, 0.25) is 0 Å². The van der Waals surface area contributed by atoms with Gasteiger partial charge in [0, 0.05) is 6.61 Å². The van der Waals surface area contributed by atoms with Crippen LogP contribution < -0.4 is 0 Å². The molecule has 1 aliphatic carbocycles. The molecular formula is C15H30O2. The Kier molecular flexibility index (Phi) is 6.50. The third-order valence-corrected chi connectivity index (χ3v) is 4.50. The molecule has 0 bridgehead atoms. The third-order valence-electron chi connectivity index (χ3n) is 4.50. The molecule has 1 aliphatic rings. The van der Waals surface area contributed by atoms with Gasteiger partial charge in [0.15, 0.2) is 0 Å². The molecule has 0 aliphatic heterocycles. The van der Waals surface area contributed by atoms with Gasteiger partial charge in [0.1, 0.15) is 0 Å². The second-order valence-electron chi connectivity index (χ2n) is 5.92. The van der Waals surface area contributed by atoms with Crippen molar-refractivity contribution in [3.8, 4) is 0 Å². The van der Waals surface area contributed by atoms with Crippen LogP contribution in [0.1, 0.15) is 59.8 Å². The number of hydrogen-bond acceptors (Lipinski definition) is 2. The lowest BCUT2D eigenvalue weighted by Gasteiger charge is -2.38. The minimum atomic E-state index is 0.331. The van der Waals surface area contributed by atoms with E-state index in [-0.39, 0.29) is 0 Å². The highest BCUT2D eigenvalue weighted by atomic mass is 16.5. The summed E-state index contributed by atoms with van der Waals surface area (Å²) in [4.78, 5) is 0. The van der Waals surface area contributed by atoms with E-state index in [4.69, 9.17) is 9.84 Å². The van der Waals surface area contributed by atoms with E-state index in [1.54, 1.807) is 0 Å². The number of rotatable bonds is 6. The van der Waals surface area contributed by atoms with Crippen LogP contribution in [0.5, 0.6) is 0 Å². The van der Waals surface area contributed by atoms with E-state index >= 15 is 0 Å². The maximum Gasteiger partial charge on any atom is 0.0581 e. The van der Waals surface area contributed by atoms with Gasteiger partial charge in [-0.3, -0.25) is 0 Å². The van der Waals surface area contributed by atoms with Crippen LogP contribution in [0.3, 0.4) is 0 Å². The molecule has 1 saturated carbocycles. The molecule has 0 aromatic heterocycles. The molecule has 0 aromatic rings. The van der Waals surface area contributed by atoms with E-state index in [0.717, 1.165) is 24.7 Å². The Morgan fingerprint density at radius 2 is 2.00 bits per heavy atom. The van der Waals surface area contributed by atoms with Gasteiger partial charge in [-0.15, -0.1) is 0 Å². The highest BCUT2D eigenvalue weighted by Gasteiger charge is 2.31. The normalized spacial score (nSPS) is 33.4. The number of aliphatic hydroxyl groups is 1. The number of ether oxygens (including phenoxy) is 1. The first-order valence-corrected chi connectivity index (χ1v) is 7.34. The maximum absolute atomic E-state index is 9.03. The molecule has 5 atom stereocenters. The largest absolute Gasteiger partial charge is 0.396 e. The fourth-order valence-electron chi connectivity index (χ4n) is 3.18. The summed E-state index contributed by atoms with van der Waals surface area (Å²) in [5.41, 5.74) is 0. The number of hydrogen-bond donors (Lipinski definition) is 1. The van der Waals surface area contributed by atoms with E-state index in [2.05, 4.69) is 27.7 Å². The Bertz CT molecular complexity index is 205. The fraction of sp³-hybridized carbons (Fsp3) is 1.00. The smallest absolute Gasteiger partial charge is 0.0581 e. The Balaban J connectivity index is 2.38. The third kappa shape index (κ3) is 4.59. The second-order valence-corrected chi connectivity index (χ2v) is 5.92. The molecule has 5 unspecified atom stereocenters. The molecular weight excluding hydrogens is 212 g/mol. The van der Waals surface area contributed by atoms with Crippen LogP contribution in [-0.4, -0.2) is 23.9 Å². The van der Waals surface area contributed by atoms with Crippen LogP contribution in [0.2, 0.25) is 0 Å². The van der Waals surface area contributed by atoms with Crippen molar-refractivity contribution in [2.75, 3.05) is 6.61 Å². The molecule has 0 aromatic carbocycles. The average Bonchev–Trinajstić information content (AvgIpc) is 2.29. The molecule has 1 N–H and O–H groups in total. The van der Waals surface area contributed by atoms with Crippen molar-refractivity contribution >= 4 is 0 Å². The van der Waals surface area contributed by atoms with Gasteiger partial charge in [0.05, 0.1) is 12.2 Å². The van der Waals surface area contributed by atoms with Gasteiger partial charge < -0.3 is 9.84 Å². The average molecular weight is 242 g/mol. The van der Waals surface area contributed by atoms with Crippen LogP contribution in [0, 0.1) is 17.8 Å². The molecule has 0 heterocycles. The minimum Gasteiger partial charge on any atom is -0.396 e. The Hall–Kier alpha value is -0.0800. The summed E-state index contributed by atoms with van der Waals surface area (Å²) < 4.78 is 6.05. The van der Waals surface area contributed by atoms with Crippen LogP contribution >= 0.6 is 0 Å². The predicted molar refractivity (Wildman–Crippen MR) is 72.0 cm³/mol. The summed E-state index contributed by atoms with van der Waals surface area (Å²) in [5.74, 6) is 2.16. The van der Waals surface area contributed by atoms with Gasteiger partial charge in [0.25, 0.3) is 0 Å². The lowest BCUT2D eigenvalue weighted by Crippen LogP contribution is -2.33. The highest BCUT2D eigenvalue weighted by molar-refractivity contribution is 4.81. The van der Waals surface area contributed by atoms with Crippen molar-refractivity contribution < 1.29 is 9.84 Å². The first-order chi connectivity index (χ1) is 8.08. The standard InChI is InChI=1S/C15H30O2/c1-5-13(4)17-14-6-7-15(12(3)10-14)11(2)8-9-16/h11-16H,5-10H2,1-4H3. The molecule has 2 heteroatoms. The molecule has 2 nitrogen and oxygen atoms in total. The summed E-state index contributed by atoms with van der Waals surface area (Å²) in [5, 5.41) is 9.03. The first kappa shape index (κ1) is 15.0. The summed E-state index contributed by atoms with van der Waals surface area (Å²) in [6.07, 6.45) is 6.60. The first-order valence-electron chi connectivity index (χ1n) is 7.34. The van der Waals surface area contributed by atoms with Crippen LogP contribution in [-0.2, 0) is 4.74 Å². The Morgan fingerprint density at radius 1 is 1.29 bits per heavy atom. The van der Waals surface area contributed by atoms with Crippen molar-refractivity contribution in [2.24, 2.45) is 17.8 Å². The monoisotopic (exact) mass is 242 g/mol. The predicted octanol–water partition coefficient (Wildman–Crippen LogP) is 3.62. The molecule has 1 rings (SSSR count). The van der Waals surface area contributed by atoms with Crippen molar-refractivity contribution in [1.29, 1.82) is 0 Å². The maximum atomic E-state index is 9.03. The second kappa shape index (κ2) is 7.38. The zero-order chi connectivity index (χ0) is 12.8. The van der Waals surface area contributed by atoms with E-state index in [1.165, 1.54) is 19.3 Å². The highest BCUT2D eigenvalue weighted by Crippen LogP contribution is 2.37. The lowest BCUT2D eigenvalue weighted by atomic mass is 9.72. The van der Waals surface area contributed by atoms with Gasteiger partial charge >= 0.3 is 0 Å². The summed E-state index contributed by atoms with van der Waals surface area (Å²) >= 11 is 0. The molecule has 0 saturated heterocycles. The molecule has 0 spiro atoms. The topological polar surface area (TPSA) is 29.5 Å². The van der Waals surface area contributed by atoms with E-state index in [0.29, 0.717) is 24.7 Å². The van der Waals surface area contributed by atoms with E-state index in [1.807, 2.05) is 0 Å². The van der Waals surface area contributed by atoms with Crippen molar-refractivity contribution in [3.05, 3.63) is 0 Å². The molecule has 102 valence electrons. The molecule has 0 radical (unpaired) electrons. The van der Waals surface area contributed by atoms with Crippen molar-refractivity contribution in [1.82, 2.24) is 0 Å². The van der Waals surface area contributed by atoms with Crippen LogP contribution in [0.25, 0.3) is 0 Å². The molecule has 1 fully saturated rings. The minimum absolute atomic E-state index is 0.331. The Morgan fingerprint density at radius 3 is 2.53 bits per heavy atom. The summed E-state index contributed by atoms with van der Waals surface area (Å²) in [6, 6.07) is 0. The zero-order valence-electron chi connectivity index (χ0n) is 12.0. The fourth-order valence-corrected chi connectivity index (χ4v) is 3.18. The van der Waals surface area contributed by atoms with Gasteiger partial charge in [-0.1, -0.05) is 20.8 Å². The van der Waals surface area contributed by atoms with E-state index in [9.17, 15) is 0 Å². The van der Waals surface area contributed by atoms with Crippen LogP contribution in [0.4, 0.5) is 0 Å². The van der Waals surface area contributed by atoms with Gasteiger partial charge in [-0.2, -0.15) is 0 Å². The quantitative estimate of drug-likeness (QED) is 0.771. The van der Waals surface area contributed by atoms with Gasteiger partial charge in [-0.05, 0) is 56.8 Å². The number of aliphatic hydroxyl groups excluding tert-OH is 1. The molecule has 17 heavy (non-hydrogen) atoms. The summed E-state index contributed by atoms with van der Waals surface area (Å²) in [6.45, 7) is 9.32. The van der Waals surface area contributed by atoms with Crippen molar-refractivity contribution in [3.63, 3.8) is 0 Å². The zero-order valence-corrected chi connectivity index (χ0v) is 12.0. The van der Waals surface area contributed by atoms with Crippen molar-refractivity contribution in [2.45, 2.75) is 72.0 Å².